The molecule has 0 fully saturated rings. The molecule has 3 aromatic rings. The number of benzene rings is 1. The van der Waals surface area contributed by atoms with Crippen molar-refractivity contribution in [3.05, 3.63) is 45.4 Å². The van der Waals surface area contributed by atoms with E-state index >= 15 is 0 Å². The Balaban J connectivity index is 2.16. The molecule has 0 aliphatic carbocycles. The standard InChI is InChI=1S/C17H16N2O4S2/c1-3-23-14(20)10-19-15-11(22-2)6-4-7-12(15)25-17(19)18-16(21)13-8-5-9-24-13/h4-9H,3,10H2,1-2H3. The Morgan fingerprint density at radius 1 is 1.24 bits per heavy atom. The Kier molecular flexibility index (Phi) is 5.30. The Labute approximate surface area is 152 Å². The normalized spacial score (nSPS) is 11.7. The fraction of sp³-hybridized carbons (Fsp3) is 0.235. The van der Waals surface area contributed by atoms with Crippen LogP contribution < -0.4 is 9.54 Å². The summed E-state index contributed by atoms with van der Waals surface area (Å²) in [6.07, 6.45) is 0. The maximum absolute atomic E-state index is 12.4. The van der Waals surface area contributed by atoms with Gasteiger partial charge >= 0.3 is 5.97 Å². The predicted molar refractivity (Wildman–Crippen MR) is 97.2 cm³/mol. The lowest BCUT2D eigenvalue weighted by Crippen LogP contribution is -2.23. The lowest BCUT2D eigenvalue weighted by atomic mass is 10.3. The lowest BCUT2D eigenvalue weighted by molar-refractivity contribution is -0.143. The predicted octanol–water partition coefficient (Wildman–Crippen LogP) is 3.08. The molecule has 0 N–H and O–H groups in total. The van der Waals surface area contributed by atoms with E-state index in [0.29, 0.717) is 22.0 Å². The van der Waals surface area contributed by atoms with E-state index in [-0.39, 0.29) is 12.5 Å². The van der Waals surface area contributed by atoms with Gasteiger partial charge in [0.05, 0.1) is 23.3 Å². The fourth-order valence-corrected chi connectivity index (χ4v) is 4.02. The third-order valence-electron chi connectivity index (χ3n) is 3.41. The summed E-state index contributed by atoms with van der Waals surface area (Å²) in [5.41, 5.74) is 0.723. The molecule has 0 bridgehead atoms. The summed E-state index contributed by atoms with van der Waals surface area (Å²) < 4.78 is 13.0. The number of esters is 1. The fourth-order valence-electron chi connectivity index (χ4n) is 2.37. The van der Waals surface area contributed by atoms with Crippen molar-refractivity contribution in [1.29, 1.82) is 0 Å². The number of ether oxygens (including phenoxy) is 2. The van der Waals surface area contributed by atoms with Crippen molar-refractivity contribution in [2.75, 3.05) is 13.7 Å². The average molecular weight is 376 g/mol. The number of para-hydroxylation sites is 1. The van der Waals surface area contributed by atoms with Crippen LogP contribution in [0.2, 0.25) is 0 Å². The third-order valence-corrected chi connectivity index (χ3v) is 5.31. The van der Waals surface area contributed by atoms with Gasteiger partial charge in [-0.3, -0.25) is 9.59 Å². The highest BCUT2D eigenvalue weighted by atomic mass is 32.1. The van der Waals surface area contributed by atoms with Crippen molar-refractivity contribution < 1.29 is 19.1 Å². The number of hydrogen-bond acceptors (Lipinski definition) is 6. The van der Waals surface area contributed by atoms with Crippen molar-refractivity contribution >= 4 is 44.8 Å². The van der Waals surface area contributed by atoms with Crippen LogP contribution in [-0.4, -0.2) is 30.2 Å². The van der Waals surface area contributed by atoms with Crippen molar-refractivity contribution in [3.8, 4) is 5.75 Å². The second-order valence-electron chi connectivity index (χ2n) is 4.98. The number of amides is 1. The van der Waals surface area contributed by atoms with E-state index in [2.05, 4.69) is 4.99 Å². The summed E-state index contributed by atoms with van der Waals surface area (Å²) in [7, 11) is 1.56. The van der Waals surface area contributed by atoms with Gasteiger partial charge in [0.15, 0.2) is 4.80 Å². The molecule has 2 heterocycles. The van der Waals surface area contributed by atoms with Crippen LogP contribution in [-0.2, 0) is 16.1 Å². The van der Waals surface area contributed by atoms with Gasteiger partial charge < -0.3 is 14.0 Å². The van der Waals surface area contributed by atoms with Crippen LogP contribution in [0.3, 0.4) is 0 Å². The van der Waals surface area contributed by atoms with Gasteiger partial charge in [-0.05, 0) is 30.5 Å². The molecule has 8 heteroatoms. The topological polar surface area (TPSA) is 69.9 Å². The number of aromatic nitrogens is 1. The zero-order chi connectivity index (χ0) is 17.8. The molecule has 0 saturated heterocycles. The molecule has 0 aliphatic heterocycles. The molecule has 0 radical (unpaired) electrons. The smallest absolute Gasteiger partial charge is 0.326 e. The van der Waals surface area contributed by atoms with Crippen LogP contribution in [0.15, 0.2) is 40.7 Å². The molecule has 0 unspecified atom stereocenters. The van der Waals surface area contributed by atoms with E-state index in [0.717, 1.165) is 10.2 Å². The van der Waals surface area contributed by atoms with E-state index in [1.54, 1.807) is 30.7 Å². The van der Waals surface area contributed by atoms with Crippen LogP contribution in [0.4, 0.5) is 0 Å². The highest BCUT2D eigenvalue weighted by Gasteiger charge is 2.16. The molecule has 3 rings (SSSR count). The third kappa shape index (κ3) is 3.64. The molecule has 2 aromatic heterocycles. The number of carbonyl (C=O) groups is 2. The largest absolute Gasteiger partial charge is 0.495 e. The maximum Gasteiger partial charge on any atom is 0.326 e. The Morgan fingerprint density at radius 3 is 2.76 bits per heavy atom. The maximum atomic E-state index is 12.4. The van der Waals surface area contributed by atoms with Gasteiger partial charge in [-0.25, -0.2) is 0 Å². The highest BCUT2D eigenvalue weighted by molar-refractivity contribution is 7.16. The van der Waals surface area contributed by atoms with Gasteiger partial charge in [0.1, 0.15) is 17.8 Å². The lowest BCUT2D eigenvalue weighted by Gasteiger charge is -2.08. The van der Waals surface area contributed by atoms with Crippen molar-refractivity contribution in [1.82, 2.24) is 4.57 Å². The zero-order valence-corrected chi connectivity index (χ0v) is 15.4. The summed E-state index contributed by atoms with van der Waals surface area (Å²) in [5, 5.41) is 1.82. The molecule has 130 valence electrons. The molecular weight excluding hydrogens is 360 g/mol. The summed E-state index contributed by atoms with van der Waals surface area (Å²) in [4.78, 5) is 29.6. The van der Waals surface area contributed by atoms with Gasteiger partial charge in [-0.2, -0.15) is 4.99 Å². The van der Waals surface area contributed by atoms with Crippen LogP contribution in [0.1, 0.15) is 16.6 Å². The first-order valence-corrected chi connectivity index (χ1v) is 9.28. The number of hydrogen-bond donors (Lipinski definition) is 0. The Bertz CT molecular complexity index is 970. The van der Waals surface area contributed by atoms with E-state index in [1.807, 2.05) is 23.6 Å². The van der Waals surface area contributed by atoms with Gasteiger partial charge in [-0.1, -0.05) is 23.5 Å². The number of thiazole rings is 1. The SMILES string of the molecule is CCOC(=O)Cn1c(=NC(=O)c2cccs2)sc2cccc(OC)c21. The second-order valence-corrected chi connectivity index (χ2v) is 6.93. The number of methoxy groups -OCH3 is 1. The van der Waals surface area contributed by atoms with E-state index < -0.39 is 5.97 Å². The molecule has 1 amide bonds. The van der Waals surface area contributed by atoms with Crippen molar-refractivity contribution in [3.63, 3.8) is 0 Å². The van der Waals surface area contributed by atoms with E-state index in [9.17, 15) is 9.59 Å². The highest BCUT2D eigenvalue weighted by Crippen LogP contribution is 2.27. The molecule has 0 aliphatic rings. The number of nitrogens with zero attached hydrogens (tertiary/aromatic N) is 2. The van der Waals surface area contributed by atoms with E-state index in [4.69, 9.17) is 9.47 Å². The van der Waals surface area contributed by atoms with Gasteiger partial charge in [0.2, 0.25) is 0 Å². The number of carbonyl (C=O) groups excluding carboxylic acids is 2. The Morgan fingerprint density at radius 2 is 2.08 bits per heavy atom. The number of fused-ring (bicyclic) bond motifs is 1. The van der Waals surface area contributed by atoms with E-state index in [1.165, 1.54) is 22.7 Å². The quantitative estimate of drug-likeness (QED) is 0.642. The van der Waals surface area contributed by atoms with Crippen molar-refractivity contribution in [2.24, 2.45) is 4.99 Å². The molecule has 0 saturated carbocycles. The van der Waals surface area contributed by atoms with Crippen molar-refractivity contribution in [2.45, 2.75) is 13.5 Å². The monoisotopic (exact) mass is 376 g/mol. The summed E-state index contributed by atoms with van der Waals surface area (Å²) >= 11 is 2.66. The van der Waals surface area contributed by atoms with Crippen LogP contribution in [0, 0.1) is 0 Å². The van der Waals surface area contributed by atoms with Crippen LogP contribution in [0.25, 0.3) is 10.2 Å². The Hall–Kier alpha value is -2.45. The second kappa shape index (κ2) is 7.62. The molecular formula is C17H16N2O4S2. The molecule has 1 aromatic carbocycles. The molecule has 0 atom stereocenters. The molecule has 6 nitrogen and oxygen atoms in total. The first-order valence-electron chi connectivity index (χ1n) is 7.58. The minimum atomic E-state index is -0.391. The first kappa shape index (κ1) is 17.4. The average Bonchev–Trinajstić information content (AvgIpc) is 3.24. The molecule has 25 heavy (non-hydrogen) atoms. The van der Waals surface area contributed by atoms with Gasteiger partial charge in [0.25, 0.3) is 5.91 Å². The van der Waals surface area contributed by atoms with Gasteiger partial charge in [-0.15, -0.1) is 11.3 Å². The zero-order valence-electron chi connectivity index (χ0n) is 13.7. The summed E-state index contributed by atoms with van der Waals surface area (Å²) in [6.45, 7) is 2.00. The minimum absolute atomic E-state index is 0.0369. The number of rotatable bonds is 5. The van der Waals surface area contributed by atoms with Gasteiger partial charge in [0, 0.05) is 0 Å². The minimum Gasteiger partial charge on any atom is -0.495 e. The number of thiophene rings is 1. The summed E-state index contributed by atoms with van der Waals surface area (Å²) in [5.74, 6) is -0.112. The molecule has 0 spiro atoms. The summed E-state index contributed by atoms with van der Waals surface area (Å²) in [6, 6.07) is 9.09. The first-order chi connectivity index (χ1) is 12.1. The van der Waals surface area contributed by atoms with Crippen LogP contribution >= 0.6 is 22.7 Å². The van der Waals surface area contributed by atoms with Crippen LogP contribution in [0.5, 0.6) is 5.75 Å².